The molecule has 0 heterocycles. The van der Waals surface area contributed by atoms with E-state index in [9.17, 15) is 19.7 Å². The summed E-state index contributed by atoms with van der Waals surface area (Å²) in [4.78, 5) is 34.7. The normalized spacial score (nSPS) is 10.2. The van der Waals surface area contributed by atoms with Crippen LogP contribution in [0.5, 0.6) is 5.75 Å². The lowest BCUT2D eigenvalue weighted by Crippen LogP contribution is -2.12. The number of carbonyl (C=O) groups is 2. The number of hydrogen-bond acceptors (Lipinski definition) is 5. The summed E-state index contributed by atoms with van der Waals surface area (Å²) in [5.74, 6) is -0.0450. The molecule has 0 fully saturated rings. The molecule has 0 unspecified atom stereocenters. The molecule has 0 aromatic heterocycles. The highest BCUT2D eigenvalue weighted by Gasteiger charge is 2.13. The Morgan fingerprint density at radius 3 is 2.11 bits per heavy atom. The molecule has 3 aromatic rings. The number of non-ortho nitro benzene ring substituents is 1. The lowest BCUT2D eigenvalue weighted by atomic mass is 10.0. The van der Waals surface area contributed by atoms with E-state index in [0.717, 1.165) is 0 Å². The molecule has 0 aliphatic rings. The van der Waals surface area contributed by atoms with Gasteiger partial charge in [-0.25, -0.2) is 0 Å². The fourth-order valence-electron chi connectivity index (χ4n) is 2.48. The molecule has 0 saturated carbocycles. The van der Waals surface area contributed by atoms with Crippen LogP contribution in [0, 0.1) is 10.1 Å². The zero-order chi connectivity index (χ0) is 19.2. The monoisotopic (exact) mass is 361 g/mol. The Morgan fingerprint density at radius 1 is 0.815 bits per heavy atom. The average Bonchev–Trinajstić information content (AvgIpc) is 2.72. The SMILES string of the molecule is O=C(COc1ccc(C(=O)c2ccccc2)cc1)c1cccc([N+](=O)[O-])c1. The summed E-state index contributed by atoms with van der Waals surface area (Å²) >= 11 is 0. The average molecular weight is 361 g/mol. The van der Waals surface area contributed by atoms with Crippen LogP contribution in [0.3, 0.4) is 0 Å². The van der Waals surface area contributed by atoms with Crippen molar-refractivity contribution in [3.63, 3.8) is 0 Å². The first kappa shape index (κ1) is 18.0. The van der Waals surface area contributed by atoms with Gasteiger partial charge in [0.05, 0.1) is 4.92 Å². The molecule has 0 saturated heterocycles. The van der Waals surface area contributed by atoms with Crippen LogP contribution < -0.4 is 4.74 Å². The van der Waals surface area contributed by atoms with Crippen LogP contribution >= 0.6 is 0 Å². The molecule has 0 spiro atoms. The first-order valence-corrected chi connectivity index (χ1v) is 8.15. The summed E-state index contributed by atoms with van der Waals surface area (Å²) in [5.41, 5.74) is 1.16. The van der Waals surface area contributed by atoms with Gasteiger partial charge in [0, 0.05) is 28.8 Å². The minimum atomic E-state index is -0.555. The zero-order valence-corrected chi connectivity index (χ0v) is 14.2. The van der Waals surface area contributed by atoms with E-state index in [-0.39, 0.29) is 29.4 Å². The third kappa shape index (κ3) is 4.43. The molecule has 0 amide bonds. The minimum Gasteiger partial charge on any atom is -0.485 e. The molecule has 0 aliphatic heterocycles. The minimum absolute atomic E-state index is 0.102. The van der Waals surface area contributed by atoms with Crippen molar-refractivity contribution in [2.24, 2.45) is 0 Å². The van der Waals surface area contributed by atoms with E-state index in [2.05, 4.69) is 0 Å². The maximum absolute atomic E-state index is 12.3. The largest absolute Gasteiger partial charge is 0.485 e. The predicted molar refractivity (Wildman–Crippen MR) is 99.2 cm³/mol. The highest BCUT2D eigenvalue weighted by atomic mass is 16.6. The Balaban J connectivity index is 1.63. The summed E-state index contributed by atoms with van der Waals surface area (Å²) < 4.78 is 5.43. The molecule has 3 rings (SSSR count). The fourth-order valence-corrected chi connectivity index (χ4v) is 2.48. The summed E-state index contributed by atoms with van der Waals surface area (Å²) in [6, 6.07) is 20.9. The maximum Gasteiger partial charge on any atom is 0.270 e. The van der Waals surface area contributed by atoms with E-state index in [1.165, 1.54) is 24.3 Å². The van der Waals surface area contributed by atoms with Gasteiger partial charge in [0.15, 0.2) is 18.2 Å². The molecule has 0 atom stereocenters. The van der Waals surface area contributed by atoms with Crippen LogP contribution in [-0.2, 0) is 0 Å². The molecular formula is C21H15NO5. The summed E-state index contributed by atoms with van der Waals surface area (Å²) in [7, 11) is 0. The van der Waals surface area contributed by atoms with Crippen molar-refractivity contribution in [3.05, 3.63) is 106 Å². The second kappa shape index (κ2) is 8.05. The van der Waals surface area contributed by atoms with Crippen LogP contribution in [0.1, 0.15) is 26.3 Å². The molecule has 6 heteroatoms. The maximum atomic E-state index is 12.3. The zero-order valence-electron chi connectivity index (χ0n) is 14.2. The van der Waals surface area contributed by atoms with Gasteiger partial charge in [0.25, 0.3) is 5.69 Å². The number of nitrogens with zero attached hydrogens (tertiary/aromatic N) is 1. The topological polar surface area (TPSA) is 86.5 Å². The van der Waals surface area contributed by atoms with Crippen LogP contribution in [0.15, 0.2) is 78.9 Å². The second-order valence-corrected chi connectivity index (χ2v) is 5.74. The Bertz CT molecular complexity index is 981. The van der Waals surface area contributed by atoms with Crippen molar-refractivity contribution < 1.29 is 19.2 Å². The van der Waals surface area contributed by atoms with Crippen molar-refractivity contribution >= 4 is 17.3 Å². The van der Waals surface area contributed by atoms with Crippen molar-refractivity contribution in [2.45, 2.75) is 0 Å². The van der Waals surface area contributed by atoms with Gasteiger partial charge in [-0.2, -0.15) is 0 Å². The molecule has 0 N–H and O–H groups in total. The lowest BCUT2D eigenvalue weighted by molar-refractivity contribution is -0.384. The highest BCUT2D eigenvalue weighted by molar-refractivity contribution is 6.09. The van der Waals surface area contributed by atoms with Crippen molar-refractivity contribution in [2.75, 3.05) is 6.61 Å². The van der Waals surface area contributed by atoms with Crippen LogP contribution in [0.2, 0.25) is 0 Å². The Hall–Kier alpha value is -3.80. The number of nitro groups is 1. The van der Waals surface area contributed by atoms with Crippen LogP contribution in [0.4, 0.5) is 5.69 Å². The van der Waals surface area contributed by atoms with Crippen LogP contribution in [-0.4, -0.2) is 23.1 Å². The molecule has 27 heavy (non-hydrogen) atoms. The van der Waals surface area contributed by atoms with E-state index < -0.39 is 4.92 Å². The molecule has 0 bridgehead atoms. The number of ether oxygens (including phenoxy) is 1. The third-order valence-electron chi connectivity index (χ3n) is 3.90. The fraction of sp³-hybridized carbons (Fsp3) is 0.0476. The van der Waals surface area contributed by atoms with Gasteiger partial charge in [0.1, 0.15) is 5.75 Å². The van der Waals surface area contributed by atoms with Gasteiger partial charge in [-0.05, 0) is 24.3 Å². The van der Waals surface area contributed by atoms with E-state index >= 15 is 0 Å². The number of Topliss-reactive ketones (excluding diaryl/α,β-unsaturated/α-hetero) is 1. The Morgan fingerprint density at radius 2 is 1.44 bits per heavy atom. The van der Waals surface area contributed by atoms with Crippen molar-refractivity contribution in [1.29, 1.82) is 0 Å². The van der Waals surface area contributed by atoms with E-state index in [4.69, 9.17) is 4.74 Å². The van der Waals surface area contributed by atoms with Crippen molar-refractivity contribution in [3.8, 4) is 5.75 Å². The van der Waals surface area contributed by atoms with E-state index in [1.807, 2.05) is 6.07 Å². The van der Waals surface area contributed by atoms with Gasteiger partial charge in [-0.15, -0.1) is 0 Å². The van der Waals surface area contributed by atoms with Crippen molar-refractivity contribution in [1.82, 2.24) is 0 Å². The highest BCUT2D eigenvalue weighted by Crippen LogP contribution is 2.17. The van der Waals surface area contributed by atoms with Gasteiger partial charge >= 0.3 is 0 Å². The quantitative estimate of drug-likeness (QED) is 0.359. The van der Waals surface area contributed by atoms with Crippen LogP contribution in [0.25, 0.3) is 0 Å². The summed E-state index contributed by atoms with van der Waals surface area (Å²) in [6.07, 6.45) is 0. The van der Waals surface area contributed by atoms with E-state index in [1.54, 1.807) is 48.5 Å². The summed E-state index contributed by atoms with van der Waals surface area (Å²) in [6.45, 7) is -0.257. The van der Waals surface area contributed by atoms with E-state index in [0.29, 0.717) is 16.9 Å². The van der Waals surface area contributed by atoms with Gasteiger partial charge in [-0.3, -0.25) is 19.7 Å². The molecule has 0 aliphatic carbocycles. The predicted octanol–water partition coefficient (Wildman–Crippen LogP) is 4.09. The number of benzene rings is 3. The number of ketones is 2. The first-order chi connectivity index (χ1) is 13.0. The van der Waals surface area contributed by atoms with Gasteiger partial charge in [-0.1, -0.05) is 42.5 Å². The smallest absolute Gasteiger partial charge is 0.270 e. The molecule has 0 radical (unpaired) electrons. The van der Waals surface area contributed by atoms with Gasteiger partial charge < -0.3 is 4.74 Å². The summed E-state index contributed by atoms with van der Waals surface area (Å²) in [5, 5.41) is 10.8. The Labute approximate surface area is 155 Å². The number of carbonyl (C=O) groups excluding carboxylic acids is 2. The molecule has 134 valence electrons. The molecule has 3 aromatic carbocycles. The standard InChI is InChI=1S/C21H15NO5/c23-20(17-7-4-8-18(13-17)22(25)26)14-27-19-11-9-16(10-12-19)21(24)15-5-2-1-3-6-15/h1-13H,14H2. The number of rotatable bonds is 7. The number of nitro benzene ring substituents is 1. The second-order valence-electron chi connectivity index (χ2n) is 5.74. The molecule has 6 nitrogen and oxygen atoms in total. The number of hydrogen-bond donors (Lipinski definition) is 0. The third-order valence-corrected chi connectivity index (χ3v) is 3.90. The first-order valence-electron chi connectivity index (χ1n) is 8.15. The molecular weight excluding hydrogens is 346 g/mol. The Kier molecular flexibility index (Phi) is 5.37. The lowest BCUT2D eigenvalue weighted by Gasteiger charge is -2.07. The van der Waals surface area contributed by atoms with Gasteiger partial charge in [0.2, 0.25) is 0 Å².